The van der Waals surface area contributed by atoms with Crippen LogP contribution >= 0.6 is 0 Å². The monoisotopic (exact) mass is 187 g/mol. The predicted octanol–water partition coefficient (Wildman–Crippen LogP) is 2.97. The Kier molecular flexibility index (Phi) is 2.42. The van der Waals surface area contributed by atoms with Gasteiger partial charge in [0.15, 0.2) is 0 Å². The summed E-state index contributed by atoms with van der Waals surface area (Å²) in [5, 5.41) is 0. The summed E-state index contributed by atoms with van der Waals surface area (Å²) in [7, 11) is 0. The van der Waals surface area contributed by atoms with Crippen LogP contribution < -0.4 is 5.73 Å². The van der Waals surface area contributed by atoms with Crippen LogP contribution in [0.5, 0.6) is 0 Å². The predicted molar refractivity (Wildman–Crippen MR) is 60.9 cm³/mol. The highest BCUT2D eigenvalue weighted by Crippen LogP contribution is 2.36. The first kappa shape index (κ1) is 9.47. The first-order valence-corrected chi connectivity index (χ1v) is 5.23. The summed E-state index contributed by atoms with van der Waals surface area (Å²) >= 11 is 0. The highest BCUT2D eigenvalue weighted by molar-refractivity contribution is 5.55. The fourth-order valence-electron chi connectivity index (χ4n) is 1.90. The summed E-state index contributed by atoms with van der Waals surface area (Å²) in [5.41, 5.74) is 8.79. The zero-order valence-corrected chi connectivity index (χ0v) is 8.66. The van der Waals surface area contributed by atoms with Gasteiger partial charge in [-0.15, -0.1) is 0 Å². The van der Waals surface area contributed by atoms with Crippen molar-refractivity contribution >= 4 is 6.08 Å². The third-order valence-electron chi connectivity index (χ3n) is 3.21. The van der Waals surface area contributed by atoms with Crippen LogP contribution in [0.15, 0.2) is 35.9 Å². The molecule has 0 spiro atoms. The van der Waals surface area contributed by atoms with Crippen molar-refractivity contribution in [3.63, 3.8) is 0 Å². The van der Waals surface area contributed by atoms with Crippen LogP contribution in [0.25, 0.3) is 6.08 Å². The Morgan fingerprint density at radius 1 is 1.29 bits per heavy atom. The molecule has 14 heavy (non-hydrogen) atoms. The fraction of sp³-hybridized carbons (Fsp3) is 0.385. The van der Waals surface area contributed by atoms with Crippen LogP contribution in [0.3, 0.4) is 0 Å². The Labute approximate surface area is 85.6 Å². The van der Waals surface area contributed by atoms with Crippen LogP contribution in [0.2, 0.25) is 0 Å². The minimum absolute atomic E-state index is 0.00413. The van der Waals surface area contributed by atoms with Gasteiger partial charge in [0.25, 0.3) is 0 Å². The van der Waals surface area contributed by atoms with Crippen LogP contribution in [0.1, 0.15) is 31.7 Å². The summed E-state index contributed by atoms with van der Waals surface area (Å²) in [6.45, 7) is 2.14. The highest BCUT2D eigenvalue weighted by Gasteiger charge is 2.33. The molecule has 0 atom stereocenters. The van der Waals surface area contributed by atoms with Gasteiger partial charge < -0.3 is 5.73 Å². The van der Waals surface area contributed by atoms with Gasteiger partial charge in [0.2, 0.25) is 0 Å². The molecule has 0 amide bonds. The van der Waals surface area contributed by atoms with Crippen molar-refractivity contribution in [3.05, 3.63) is 41.5 Å². The van der Waals surface area contributed by atoms with Crippen molar-refractivity contribution in [2.24, 2.45) is 5.73 Å². The summed E-state index contributed by atoms with van der Waals surface area (Å²) in [6, 6.07) is 10.4. The SMILES string of the molecule is C/C(=C\c1ccccc1)C1(N)CCC1. The maximum atomic E-state index is 6.23. The largest absolute Gasteiger partial charge is 0.322 e. The number of benzene rings is 1. The van der Waals surface area contributed by atoms with Crippen molar-refractivity contribution in [1.29, 1.82) is 0 Å². The first-order valence-electron chi connectivity index (χ1n) is 5.23. The normalized spacial score (nSPS) is 20.3. The number of rotatable bonds is 2. The lowest BCUT2D eigenvalue weighted by Gasteiger charge is -2.39. The molecular formula is C13H17N. The van der Waals surface area contributed by atoms with Crippen LogP contribution in [0.4, 0.5) is 0 Å². The molecule has 0 aliphatic heterocycles. The van der Waals surface area contributed by atoms with Gasteiger partial charge in [0.05, 0.1) is 0 Å². The smallest absolute Gasteiger partial charge is 0.0369 e. The average Bonchev–Trinajstić information content (AvgIpc) is 2.15. The molecule has 1 aliphatic rings. The third-order valence-corrected chi connectivity index (χ3v) is 3.21. The van der Waals surface area contributed by atoms with Crippen molar-refractivity contribution in [2.45, 2.75) is 31.7 Å². The molecule has 2 N–H and O–H groups in total. The molecule has 1 nitrogen and oxygen atoms in total. The summed E-state index contributed by atoms with van der Waals surface area (Å²) < 4.78 is 0. The molecule has 0 unspecified atom stereocenters. The summed E-state index contributed by atoms with van der Waals surface area (Å²) in [5.74, 6) is 0. The Morgan fingerprint density at radius 2 is 1.93 bits per heavy atom. The molecule has 0 radical (unpaired) electrons. The Hall–Kier alpha value is -1.08. The van der Waals surface area contributed by atoms with Crippen molar-refractivity contribution in [3.8, 4) is 0 Å². The molecule has 1 heteroatoms. The molecule has 0 bridgehead atoms. The molecule has 0 heterocycles. The molecular weight excluding hydrogens is 170 g/mol. The fourth-order valence-corrected chi connectivity index (χ4v) is 1.90. The summed E-state index contributed by atoms with van der Waals surface area (Å²) in [4.78, 5) is 0. The highest BCUT2D eigenvalue weighted by atomic mass is 14.8. The molecule has 1 saturated carbocycles. The van der Waals surface area contributed by atoms with E-state index in [1.165, 1.54) is 17.6 Å². The average molecular weight is 187 g/mol. The molecule has 1 aromatic carbocycles. The van der Waals surface area contributed by atoms with Gasteiger partial charge in [-0.3, -0.25) is 0 Å². The van der Waals surface area contributed by atoms with E-state index in [0.29, 0.717) is 0 Å². The van der Waals surface area contributed by atoms with Crippen LogP contribution in [-0.2, 0) is 0 Å². The zero-order chi connectivity index (χ0) is 10.0. The van der Waals surface area contributed by atoms with Gasteiger partial charge in [0.1, 0.15) is 0 Å². The van der Waals surface area contributed by atoms with Gasteiger partial charge in [0, 0.05) is 5.54 Å². The second-order valence-electron chi connectivity index (χ2n) is 4.25. The quantitative estimate of drug-likeness (QED) is 0.756. The lowest BCUT2D eigenvalue weighted by atomic mass is 9.72. The van der Waals surface area contributed by atoms with E-state index in [9.17, 15) is 0 Å². The van der Waals surface area contributed by atoms with E-state index in [-0.39, 0.29) is 5.54 Å². The van der Waals surface area contributed by atoms with E-state index in [1.54, 1.807) is 0 Å². The molecule has 74 valence electrons. The van der Waals surface area contributed by atoms with E-state index in [0.717, 1.165) is 12.8 Å². The molecule has 0 aromatic heterocycles. The van der Waals surface area contributed by atoms with E-state index in [2.05, 4.69) is 37.3 Å². The van der Waals surface area contributed by atoms with E-state index < -0.39 is 0 Å². The van der Waals surface area contributed by atoms with Crippen molar-refractivity contribution < 1.29 is 0 Å². The van der Waals surface area contributed by atoms with E-state index in [4.69, 9.17) is 5.73 Å². The second kappa shape index (κ2) is 3.58. The lowest BCUT2D eigenvalue weighted by Crippen LogP contribution is -2.47. The van der Waals surface area contributed by atoms with Gasteiger partial charge in [-0.05, 0) is 31.7 Å². The molecule has 2 rings (SSSR count). The minimum Gasteiger partial charge on any atom is -0.322 e. The molecule has 0 saturated heterocycles. The number of hydrogen-bond donors (Lipinski definition) is 1. The van der Waals surface area contributed by atoms with E-state index >= 15 is 0 Å². The maximum Gasteiger partial charge on any atom is 0.0369 e. The van der Waals surface area contributed by atoms with Crippen molar-refractivity contribution in [2.75, 3.05) is 0 Å². The molecule has 1 aliphatic carbocycles. The first-order chi connectivity index (χ1) is 6.71. The van der Waals surface area contributed by atoms with Crippen LogP contribution in [0, 0.1) is 0 Å². The number of nitrogens with two attached hydrogens (primary N) is 1. The minimum atomic E-state index is -0.00413. The van der Waals surface area contributed by atoms with Gasteiger partial charge >= 0.3 is 0 Å². The third kappa shape index (κ3) is 1.73. The van der Waals surface area contributed by atoms with Crippen molar-refractivity contribution in [1.82, 2.24) is 0 Å². The van der Waals surface area contributed by atoms with Gasteiger partial charge in [-0.1, -0.05) is 42.0 Å². The Morgan fingerprint density at radius 3 is 2.43 bits per heavy atom. The molecule has 1 aromatic rings. The Bertz CT molecular complexity index is 334. The topological polar surface area (TPSA) is 26.0 Å². The van der Waals surface area contributed by atoms with Crippen LogP contribution in [-0.4, -0.2) is 5.54 Å². The Balaban J connectivity index is 2.18. The molecule has 1 fully saturated rings. The maximum absolute atomic E-state index is 6.23. The lowest BCUT2D eigenvalue weighted by molar-refractivity contribution is 0.300. The number of hydrogen-bond acceptors (Lipinski definition) is 1. The standard InChI is InChI=1S/C13H17N/c1-11(13(14)8-5-9-13)10-12-6-3-2-4-7-12/h2-4,6-7,10H,5,8-9,14H2,1H3/b11-10+. The van der Waals surface area contributed by atoms with Gasteiger partial charge in [-0.2, -0.15) is 0 Å². The van der Waals surface area contributed by atoms with E-state index in [1.807, 2.05) is 6.07 Å². The zero-order valence-electron chi connectivity index (χ0n) is 8.66. The summed E-state index contributed by atoms with van der Waals surface area (Å²) in [6.07, 6.45) is 5.76. The second-order valence-corrected chi connectivity index (χ2v) is 4.25. The van der Waals surface area contributed by atoms with Gasteiger partial charge in [-0.25, -0.2) is 0 Å².